The van der Waals surface area contributed by atoms with Crippen LogP contribution < -0.4 is 5.32 Å². The number of halogens is 1. The van der Waals surface area contributed by atoms with Crippen LogP contribution in [0.1, 0.15) is 25.5 Å². The number of nitrogens with zero attached hydrogens (tertiary/aromatic N) is 3. The van der Waals surface area contributed by atoms with E-state index in [4.69, 9.17) is 11.6 Å². The van der Waals surface area contributed by atoms with E-state index in [9.17, 15) is 0 Å². The second-order valence-corrected chi connectivity index (χ2v) is 4.74. The fourth-order valence-electron chi connectivity index (χ4n) is 1.89. The van der Waals surface area contributed by atoms with Gasteiger partial charge in [0.2, 0.25) is 0 Å². The molecule has 5 heteroatoms. The van der Waals surface area contributed by atoms with Crippen LogP contribution in [0.15, 0.2) is 24.3 Å². The molecule has 0 aliphatic carbocycles. The largest absolute Gasteiger partial charge is 0.383 e. The third-order valence-electron chi connectivity index (χ3n) is 2.92. The fourth-order valence-corrected chi connectivity index (χ4v) is 2.02. The smallest absolute Gasteiger partial charge is 0.150 e. The Morgan fingerprint density at radius 1 is 1.16 bits per heavy atom. The van der Waals surface area contributed by atoms with Gasteiger partial charge in [0.05, 0.1) is 6.54 Å². The number of hydrogen-bond donors (Lipinski definition) is 1. The van der Waals surface area contributed by atoms with Gasteiger partial charge in [-0.3, -0.25) is 0 Å². The predicted octanol–water partition coefficient (Wildman–Crippen LogP) is 3.17. The lowest BCUT2D eigenvalue weighted by molar-refractivity contribution is 0.597. The molecule has 1 aromatic heterocycles. The first kappa shape index (κ1) is 13.9. The molecule has 2 rings (SSSR count). The van der Waals surface area contributed by atoms with Crippen molar-refractivity contribution >= 4 is 17.3 Å². The molecule has 1 heterocycles. The molecule has 102 valence electrons. The van der Waals surface area contributed by atoms with E-state index in [0.717, 1.165) is 48.3 Å². The minimum absolute atomic E-state index is 0.752. The van der Waals surface area contributed by atoms with Crippen LogP contribution in [0, 0.1) is 0 Å². The molecule has 0 saturated carbocycles. The van der Waals surface area contributed by atoms with E-state index in [1.807, 2.05) is 28.9 Å². The van der Waals surface area contributed by atoms with Crippen molar-refractivity contribution < 1.29 is 0 Å². The van der Waals surface area contributed by atoms with Crippen LogP contribution in [0.4, 0.5) is 5.69 Å². The molecule has 1 aromatic carbocycles. The summed E-state index contributed by atoms with van der Waals surface area (Å²) < 4.78 is 1.99. The highest BCUT2D eigenvalue weighted by atomic mass is 35.5. The summed E-state index contributed by atoms with van der Waals surface area (Å²) in [6, 6.07) is 7.71. The predicted molar refractivity (Wildman–Crippen MR) is 78.7 cm³/mol. The third-order valence-corrected chi connectivity index (χ3v) is 3.17. The first-order valence-electron chi connectivity index (χ1n) is 6.65. The van der Waals surface area contributed by atoms with E-state index in [2.05, 4.69) is 29.2 Å². The zero-order valence-electron chi connectivity index (χ0n) is 11.4. The van der Waals surface area contributed by atoms with Gasteiger partial charge in [-0.2, -0.15) is 5.10 Å². The van der Waals surface area contributed by atoms with Crippen LogP contribution in [0.3, 0.4) is 0 Å². The second kappa shape index (κ2) is 6.57. The van der Waals surface area contributed by atoms with Crippen LogP contribution in [0.5, 0.6) is 0 Å². The normalized spacial score (nSPS) is 10.7. The Morgan fingerprint density at radius 2 is 1.89 bits per heavy atom. The molecule has 0 radical (unpaired) electrons. The lowest BCUT2D eigenvalue weighted by Gasteiger charge is -2.07. The molecule has 0 unspecified atom stereocenters. The summed E-state index contributed by atoms with van der Waals surface area (Å²) in [5.41, 5.74) is 1.07. The van der Waals surface area contributed by atoms with E-state index < -0.39 is 0 Å². The molecule has 1 N–H and O–H groups in total. The average molecular weight is 279 g/mol. The van der Waals surface area contributed by atoms with Crippen molar-refractivity contribution in [2.24, 2.45) is 0 Å². The molecule has 0 bridgehead atoms. The maximum absolute atomic E-state index is 5.85. The maximum Gasteiger partial charge on any atom is 0.150 e. The van der Waals surface area contributed by atoms with Gasteiger partial charge in [-0.25, -0.2) is 9.67 Å². The number of benzene rings is 1. The van der Waals surface area contributed by atoms with Crippen molar-refractivity contribution in [2.75, 3.05) is 11.9 Å². The van der Waals surface area contributed by atoms with E-state index in [1.54, 1.807) is 0 Å². The Labute approximate surface area is 118 Å². The zero-order chi connectivity index (χ0) is 13.7. The molecule has 0 atom stereocenters. The van der Waals surface area contributed by atoms with Crippen molar-refractivity contribution in [3.63, 3.8) is 0 Å². The van der Waals surface area contributed by atoms with Gasteiger partial charge in [0.1, 0.15) is 5.82 Å². The van der Waals surface area contributed by atoms with Gasteiger partial charge in [0, 0.05) is 30.1 Å². The van der Waals surface area contributed by atoms with Crippen LogP contribution in [0.25, 0.3) is 0 Å². The molecule has 4 nitrogen and oxygen atoms in total. The summed E-state index contributed by atoms with van der Waals surface area (Å²) in [7, 11) is 0. The highest BCUT2D eigenvalue weighted by molar-refractivity contribution is 6.30. The second-order valence-electron chi connectivity index (χ2n) is 4.31. The number of anilines is 1. The Hall–Kier alpha value is -1.55. The number of nitrogens with one attached hydrogen (secondary N) is 1. The molecule has 0 spiro atoms. The maximum atomic E-state index is 5.85. The average Bonchev–Trinajstić information content (AvgIpc) is 2.83. The summed E-state index contributed by atoms with van der Waals surface area (Å²) in [6.07, 6.45) is 1.79. The van der Waals surface area contributed by atoms with E-state index in [1.165, 1.54) is 0 Å². The van der Waals surface area contributed by atoms with Crippen molar-refractivity contribution in [2.45, 2.75) is 33.2 Å². The van der Waals surface area contributed by atoms with Crippen molar-refractivity contribution in [1.29, 1.82) is 0 Å². The summed E-state index contributed by atoms with van der Waals surface area (Å²) in [4.78, 5) is 4.49. The summed E-state index contributed by atoms with van der Waals surface area (Å²) in [5.74, 6) is 1.97. The van der Waals surface area contributed by atoms with Gasteiger partial charge in [0.15, 0.2) is 5.82 Å². The minimum atomic E-state index is 0.752. The molecular formula is C14H19ClN4. The molecule has 19 heavy (non-hydrogen) atoms. The van der Waals surface area contributed by atoms with Gasteiger partial charge >= 0.3 is 0 Å². The molecule has 2 aromatic rings. The molecule has 0 aliphatic rings. The van der Waals surface area contributed by atoms with Crippen LogP contribution in [-0.2, 0) is 19.4 Å². The van der Waals surface area contributed by atoms with Gasteiger partial charge in [-0.15, -0.1) is 0 Å². The lowest BCUT2D eigenvalue weighted by Crippen LogP contribution is -2.14. The van der Waals surface area contributed by atoms with E-state index in [-0.39, 0.29) is 0 Å². The number of hydrogen-bond acceptors (Lipinski definition) is 3. The minimum Gasteiger partial charge on any atom is -0.383 e. The summed E-state index contributed by atoms with van der Waals surface area (Å²) in [6.45, 7) is 5.82. The summed E-state index contributed by atoms with van der Waals surface area (Å²) in [5, 5.41) is 8.59. The van der Waals surface area contributed by atoms with Crippen molar-refractivity contribution in [3.05, 3.63) is 40.9 Å². The number of aryl methyl sites for hydroxylation is 2. The van der Waals surface area contributed by atoms with Gasteiger partial charge in [-0.1, -0.05) is 25.4 Å². The number of aromatic nitrogens is 3. The van der Waals surface area contributed by atoms with E-state index >= 15 is 0 Å². The Kier molecular flexibility index (Phi) is 4.80. The quantitative estimate of drug-likeness (QED) is 0.883. The topological polar surface area (TPSA) is 42.7 Å². The molecule has 0 amide bonds. The summed E-state index contributed by atoms with van der Waals surface area (Å²) >= 11 is 5.85. The first-order valence-corrected chi connectivity index (χ1v) is 7.02. The molecular weight excluding hydrogens is 260 g/mol. The monoisotopic (exact) mass is 278 g/mol. The standard InChI is InChI=1S/C14H19ClN4/c1-3-13-17-14(4-2)19(18-13)10-9-16-12-7-5-11(15)6-8-12/h5-8,16H,3-4,9-10H2,1-2H3. The zero-order valence-corrected chi connectivity index (χ0v) is 12.1. The first-order chi connectivity index (χ1) is 9.22. The fraction of sp³-hybridized carbons (Fsp3) is 0.429. The van der Waals surface area contributed by atoms with Gasteiger partial charge < -0.3 is 5.32 Å². The highest BCUT2D eigenvalue weighted by Crippen LogP contribution is 2.13. The molecule has 0 fully saturated rings. The number of rotatable bonds is 6. The van der Waals surface area contributed by atoms with Gasteiger partial charge in [0.25, 0.3) is 0 Å². The Morgan fingerprint density at radius 3 is 2.53 bits per heavy atom. The molecule has 0 aliphatic heterocycles. The van der Waals surface area contributed by atoms with Crippen LogP contribution in [-0.4, -0.2) is 21.3 Å². The van der Waals surface area contributed by atoms with Crippen molar-refractivity contribution in [1.82, 2.24) is 14.8 Å². The Bertz CT molecular complexity index is 519. The Balaban J connectivity index is 1.91. The third kappa shape index (κ3) is 3.70. The SMILES string of the molecule is CCc1nc(CC)n(CCNc2ccc(Cl)cc2)n1. The van der Waals surface area contributed by atoms with Crippen molar-refractivity contribution in [3.8, 4) is 0 Å². The van der Waals surface area contributed by atoms with Gasteiger partial charge in [-0.05, 0) is 24.3 Å². The lowest BCUT2D eigenvalue weighted by atomic mass is 10.3. The highest BCUT2D eigenvalue weighted by Gasteiger charge is 2.06. The van der Waals surface area contributed by atoms with Crippen LogP contribution in [0.2, 0.25) is 5.02 Å². The van der Waals surface area contributed by atoms with Crippen LogP contribution >= 0.6 is 11.6 Å². The van der Waals surface area contributed by atoms with E-state index in [0.29, 0.717) is 0 Å². The molecule has 0 saturated heterocycles.